The molecular formula is C22H30N2. The highest BCUT2D eigenvalue weighted by Crippen LogP contribution is 2.19. The van der Waals surface area contributed by atoms with E-state index in [1.54, 1.807) is 0 Å². The average Bonchev–Trinajstić information content (AvgIpc) is 2.60. The van der Waals surface area contributed by atoms with Crippen molar-refractivity contribution >= 4 is 0 Å². The lowest BCUT2D eigenvalue weighted by molar-refractivity contribution is 0.193. The Morgan fingerprint density at radius 3 is 2.00 bits per heavy atom. The Kier molecular flexibility index (Phi) is 6.06. The van der Waals surface area contributed by atoms with Gasteiger partial charge < -0.3 is 5.32 Å². The number of rotatable bonds is 6. The van der Waals surface area contributed by atoms with Crippen molar-refractivity contribution in [3.8, 4) is 0 Å². The molecular weight excluding hydrogens is 292 g/mol. The van der Waals surface area contributed by atoms with E-state index >= 15 is 0 Å². The first-order chi connectivity index (χ1) is 11.7. The predicted molar refractivity (Wildman–Crippen MR) is 102 cm³/mol. The minimum atomic E-state index is 0.770. The van der Waals surface area contributed by atoms with Gasteiger partial charge in [0.15, 0.2) is 0 Å². The van der Waals surface area contributed by atoms with Crippen LogP contribution < -0.4 is 5.32 Å². The van der Waals surface area contributed by atoms with Crippen molar-refractivity contribution in [3.63, 3.8) is 0 Å². The Balaban J connectivity index is 1.74. The van der Waals surface area contributed by atoms with E-state index in [1.165, 1.54) is 48.2 Å². The third kappa shape index (κ3) is 4.68. The summed E-state index contributed by atoms with van der Waals surface area (Å²) in [5, 5.41) is 3.56. The van der Waals surface area contributed by atoms with Gasteiger partial charge in [-0.15, -0.1) is 0 Å². The summed E-state index contributed by atoms with van der Waals surface area (Å²) in [5.74, 6) is 0.770. The molecule has 0 saturated carbocycles. The molecule has 3 rings (SSSR count). The molecule has 1 N–H and O–H groups in total. The molecule has 0 bridgehead atoms. The molecule has 0 spiro atoms. The van der Waals surface area contributed by atoms with E-state index in [-0.39, 0.29) is 0 Å². The van der Waals surface area contributed by atoms with Crippen molar-refractivity contribution in [2.75, 3.05) is 19.6 Å². The molecule has 1 aliphatic rings. The van der Waals surface area contributed by atoms with Crippen LogP contribution in [0.3, 0.4) is 0 Å². The van der Waals surface area contributed by atoms with Crippen LogP contribution in [0.5, 0.6) is 0 Å². The van der Waals surface area contributed by atoms with Crippen LogP contribution in [0.4, 0.5) is 0 Å². The maximum atomic E-state index is 3.56. The van der Waals surface area contributed by atoms with Gasteiger partial charge in [0.25, 0.3) is 0 Å². The van der Waals surface area contributed by atoms with Crippen LogP contribution >= 0.6 is 0 Å². The molecule has 2 aromatic rings. The second-order valence-electron chi connectivity index (χ2n) is 7.23. The van der Waals surface area contributed by atoms with Gasteiger partial charge in [-0.25, -0.2) is 0 Å². The lowest BCUT2D eigenvalue weighted by atomic mass is 9.98. The van der Waals surface area contributed by atoms with Gasteiger partial charge in [-0.3, -0.25) is 4.90 Å². The van der Waals surface area contributed by atoms with Gasteiger partial charge >= 0.3 is 0 Å². The highest BCUT2D eigenvalue weighted by atomic mass is 15.1. The third-order valence-corrected chi connectivity index (χ3v) is 5.23. The molecule has 0 aliphatic carbocycles. The second-order valence-corrected chi connectivity index (χ2v) is 7.23. The third-order valence-electron chi connectivity index (χ3n) is 5.23. The van der Waals surface area contributed by atoms with Crippen molar-refractivity contribution in [1.82, 2.24) is 10.2 Å². The topological polar surface area (TPSA) is 15.3 Å². The molecule has 1 aliphatic heterocycles. The molecule has 1 heterocycles. The number of aryl methyl sites for hydroxylation is 2. The molecule has 1 fully saturated rings. The minimum Gasteiger partial charge on any atom is -0.316 e. The van der Waals surface area contributed by atoms with E-state index in [9.17, 15) is 0 Å². The van der Waals surface area contributed by atoms with Crippen molar-refractivity contribution in [2.24, 2.45) is 5.92 Å². The Bertz CT molecular complexity index is 596. The summed E-state index contributed by atoms with van der Waals surface area (Å²) in [6, 6.07) is 17.6. The van der Waals surface area contributed by atoms with Crippen molar-refractivity contribution in [1.29, 1.82) is 0 Å². The highest BCUT2D eigenvalue weighted by molar-refractivity contribution is 5.27. The molecule has 2 heteroatoms. The summed E-state index contributed by atoms with van der Waals surface area (Å²) >= 11 is 0. The lowest BCUT2D eigenvalue weighted by Gasteiger charge is -2.31. The minimum absolute atomic E-state index is 0.770. The van der Waals surface area contributed by atoms with Crippen LogP contribution in [0.2, 0.25) is 0 Å². The van der Waals surface area contributed by atoms with E-state index in [0.29, 0.717) is 0 Å². The first kappa shape index (κ1) is 17.2. The molecule has 0 radical (unpaired) electrons. The zero-order chi connectivity index (χ0) is 16.8. The van der Waals surface area contributed by atoms with Crippen LogP contribution in [0.15, 0.2) is 48.5 Å². The van der Waals surface area contributed by atoms with E-state index in [1.807, 2.05) is 0 Å². The van der Waals surface area contributed by atoms with Crippen LogP contribution in [-0.4, -0.2) is 24.5 Å². The van der Waals surface area contributed by atoms with Crippen molar-refractivity contribution in [3.05, 3.63) is 70.8 Å². The second kappa shape index (κ2) is 8.46. The van der Waals surface area contributed by atoms with Crippen molar-refractivity contribution < 1.29 is 0 Å². The number of nitrogens with one attached hydrogen (secondary N) is 1. The molecule has 0 unspecified atom stereocenters. The largest absolute Gasteiger partial charge is 0.316 e. The molecule has 0 aromatic heterocycles. The SMILES string of the molecule is Cc1ccccc1CN(Cc1ccccc1C)C[C@H]1CCCNC1. The Hall–Kier alpha value is -1.64. The maximum absolute atomic E-state index is 3.56. The number of hydrogen-bond donors (Lipinski definition) is 1. The molecule has 1 saturated heterocycles. The van der Waals surface area contributed by atoms with Gasteiger partial charge in [0.1, 0.15) is 0 Å². The maximum Gasteiger partial charge on any atom is 0.0240 e. The Morgan fingerprint density at radius 1 is 0.917 bits per heavy atom. The summed E-state index contributed by atoms with van der Waals surface area (Å²) in [7, 11) is 0. The quantitative estimate of drug-likeness (QED) is 0.853. The zero-order valence-electron chi connectivity index (χ0n) is 15.1. The summed E-state index contributed by atoms with van der Waals surface area (Å²) in [6.07, 6.45) is 2.66. The summed E-state index contributed by atoms with van der Waals surface area (Å²) < 4.78 is 0. The first-order valence-electron chi connectivity index (χ1n) is 9.24. The molecule has 128 valence electrons. The number of piperidine rings is 1. The summed E-state index contributed by atoms with van der Waals surface area (Å²) in [4.78, 5) is 2.64. The monoisotopic (exact) mass is 322 g/mol. The zero-order valence-corrected chi connectivity index (χ0v) is 15.1. The standard InChI is InChI=1S/C22H30N2/c1-18-8-3-5-11-21(18)16-24(15-20-10-7-13-23-14-20)17-22-12-6-4-9-19(22)2/h3-6,8-9,11-12,20,23H,7,10,13-17H2,1-2H3/t20-/m0/s1. The average molecular weight is 322 g/mol. The fourth-order valence-electron chi connectivity index (χ4n) is 3.69. The highest BCUT2D eigenvalue weighted by Gasteiger charge is 2.18. The normalized spacial score (nSPS) is 18.0. The summed E-state index contributed by atoms with van der Waals surface area (Å²) in [6.45, 7) is 10.1. The smallest absolute Gasteiger partial charge is 0.0240 e. The van der Waals surface area contributed by atoms with Crippen LogP contribution in [-0.2, 0) is 13.1 Å². The lowest BCUT2D eigenvalue weighted by Crippen LogP contribution is -2.38. The van der Waals surface area contributed by atoms with Gasteiger partial charge in [-0.1, -0.05) is 48.5 Å². The Labute approximate surface area is 146 Å². The predicted octanol–water partition coefficient (Wildman–Crippen LogP) is 4.31. The van der Waals surface area contributed by atoms with Gasteiger partial charge in [0.05, 0.1) is 0 Å². The van der Waals surface area contributed by atoms with E-state index in [2.05, 4.69) is 72.6 Å². The molecule has 24 heavy (non-hydrogen) atoms. The molecule has 2 nitrogen and oxygen atoms in total. The van der Waals surface area contributed by atoms with E-state index in [4.69, 9.17) is 0 Å². The fourth-order valence-corrected chi connectivity index (χ4v) is 3.69. The number of benzene rings is 2. The number of nitrogens with zero attached hydrogens (tertiary/aromatic N) is 1. The van der Waals surface area contributed by atoms with E-state index in [0.717, 1.165) is 25.6 Å². The molecule has 2 aromatic carbocycles. The first-order valence-corrected chi connectivity index (χ1v) is 9.24. The van der Waals surface area contributed by atoms with Crippen molar-refractivity contribution in [2.45, 2.75) is 39.8 Å². The Morgan fingerprint density at radius 2 is 1.50 bits per heavy atom. The summed E-state index contributed by atoms with van der Waals surface area (Å²) in [5.41, 5.74) is 5.70. The molecule has 0 amide bonds. The van der Waals surface area contributed by atoms with Crippen LogP contribution in [0.1, 0.15) is 35.1 Å². The van der Waals surface area contributed by atoms with Gasteiger partial charge in [0.2, 0.25) is 0 Å². The van der Waals surface area contributed by atoms with Gasteiger partial charge in [0, 0.05) is 19.6 Å². The van der Waals surface area contributed by atoms with Crippen LogP contribution in [0, 0.1) is 19.8 Å². The van der Waals surface area contributed by atoms with Crippen LogP contribution in [0.25, 0.3) is 0 Å². The molecule has 1 atom stereocenters. The van der Waals surface area contributed by atoms with E-state index < -0.39 is 0 Å². The van der Waals surface area contributed by atoms with Gasteiger partial charge in [-0.2, -0.15) is 0 Å². The van der Waals surface area contributed by atoms with Gasteiger partial charge in [-0.05, 0) is 68.0 Å². The fraction of sp³-hybridized carbons (Fsp3) is 0.455. The number of hydrogen-bond acceptors (Lipinski definition) is 2.